The molecule has 0 atom stereocenters. The predicted octanol–water partition coefficient (Wildman–Crippen LogP) is 5.51. The van der Waals surface area contributed by atoms with Crippen molar-refractivity contribution in [1.29, 1.82) is 0 Å². The van der Waals surface area contributed by atoms with Gasteiger partial charge in [-0.25, -0.2) is 18.6 Å². The van der Waals surface area contributed by atoms with Crippen LogP contribution in [0.5, 0.6) is 0 Å². The highest BCUT2D eigenvalue weighted by Gasteiger charge is 2.31. The minimum atomic E-state index is -4.75. The summed E-state index contributed by atoms with van der Waals surface area (Å²) < 4.78 is 69.8. The number of rotatable bonds is 2. The molecule has 1 heterocycles. The monoisotopic (exact) mass is 381 g/mol. The van der Waals surface area contributed by atoms with Gasteiger partial charge < -0.3 is 4.74 Å². The number of alkyl halides is 3. The first-order valence-electron chi connectivity index (χ1n) is 6.96. The molecule has 0 unspecified atom stereocenters. The van der Waals surface area contributed by atoms with Crippen molar-refractivity contribution in [2.75, 3.05) is 7.11 Å². The van der Waals surface area contributed by atoms with E-state index in [9.17, 15) is 26.7 Å². The van der Waals surface area contributed by atoms with Crippen LogP contribution >= 0.6 is 11.6 Å². The molecule has 2 rings (SSSR count). The summed E-state index contributed by atoms with van der Waals surface area (Å²) >= 11 is 5.64. The summed E-state index contributed by atoms with van der Waals surface area (Å²) in [6.45, 7) is 4.00. The Hall–Kier alpha value is -2.22. The number of nitrogens with zero attached hydrogens (tertiary/aromatic N) is 1. The normalized spacial score (nSPS) is 10.8. The number of esters is 1. The number of carbonyl (C=O) groups excluding carboxylic acids is 1. The summed E-state index contributed by atoms with van der Waals surface area (Å²) in [4.78, 5) is 15.0. The fourth-order valence-corrected chi connectivity index (χ4v) is 1.99. The Morgan fingerprint density at radius 1 is 1.12 bits per heavy atom. The average Bonchev–Trinajstić information content (AvgIpc) is 2.56. The highest BCUT2D eigenvalue weighted by atomic mass is 35.5. The Morgan fingerprint density at radius 2 is 1.72 bits per heavy atom. The third-order valence-electron chi connectivity index (χ3n) is 2.86. The first-order valence-corrected chi connectivity index (χ1v) is 7.34. The Kier molecular flexibility index (Phi) is 6.87. The maximum absolute atomic E-state index is 13.9. The van der Waals surface area contributed by atoms with Crippen LogP contribution in [0.4, 0.5) is 22.0 Å². The molecule has 0 spiro atoms. The zero-order chi connectivity index (χ0) is 19.4. The van der Waals surface area contributed by atoms with Crippen molar-refractivity contribution in [3.8, 4) is 11.3 Å². The third kappa shape index (κ3) is 4.66. The Bertz CT molecular complexity index is 778. The Morgan fingerprint density at radius 3 is 2.20 bits per heavy atom. The van der Waals surface area contributed by atoms with E-state index < -0.39 is 46.3 Å². The topological polar surface area (TPSA) is 39.2 Å². The number of carbonyl (C=O) groups is 1. The van der Waals surface area contributed by atoms with Crippen molar-refractivity contribution < 1.29 is 31.5 Å². The molecular weight excluding hydrogens is 369 g/mol. The molecule has 0 aliphatic carbocycles. The van der Waals surface area contributed by atoms with Gasteiger partial charge in [0.2, 0.25) is 0 Å². The van der Waals surface area contributed by atoms with Crippen molar-refractivity contribution in [1.82, 2.24) is 4.98 Å². The molecule has 1 aromatic carbocycles. The fraction of sp³-hybridized carbons (Fsp3) is 0.250. The maximum Gasteiger partial charge on any atom is 0.416 e. The van der Waals surface area contributed by atoms with Crippen LogP contribution in [0.3, 0.4) is 0 Å². The quantitative estimate of drug-likeness (QED) is 0.508. The molecule has 0 aliphatic rings. The lowest BCUT2D eigenvalue weighted by atomic mass is 10.1. The van der Waals surface area contributed by atoms with Crippen LogP contribution in [-0.2, 0) is 10.9 Å². The van der Waals surface area contributed by atoms with Crippen LogP contribution in [0.25, 0.3) is 11.3 Å². The summed E-state index contributed by atoms with van der Waals surface area (Å²) in [5.74, 6) is -3.44. The number of hydrogen-bond donors (Lipinski definition) is 0. The number of ether oxygens (including phenoxy) is 1. The van der Waals surface area contributed by atoms with Gasteiger partial charge in [-0.3, -0.25) is 0 Å². The number of methoxy groups -OCH3 is 1. The fourth-order valence-electron chi connectivity index (χ4n) is 1.78. The van der Waals surface area contributed by atoms with Gasteiger partial charge in [-0.2, -0.15) is 13.2 Å². The second-order valence-corrected chi connectivity index (χ2v) is 4.74. The molecule has 0 amide bonds. The first kappa shape index (κ1) is 20.8. The molecule has 0 saturated carbocycles. The van der Waals surface area contributed by atoms with E-state index in [1.807, 2.05) is 13.8 Å². The van der Waals surface area contributed by atoms with Gasteiger partial charge in [-0.15, -0.1) is 0 Å². The number of hydrogen-bond acceptors (Lipinski definition) is 3. The molecule has 0 fully saturated rings. The number of halogens is 6. The minimum Gasteiger partial charge on any atom is -0.464 e. The van der Waals surface area contributed by atoms with E-state index in [0.29, 0.717) is 12.1 Å². The molecule has 0 N–H and O–H groups in total. The van der Waals surface area contributed by atoms with E-state index in [1.165, 1.54) is 0 Å². The zero-order valence-corrected chi connectivity index (χ0v) is 14.1. The lowest BCUT2D eigenvalue weighted by Crippen LogP contribution is -2.09. The predicted molar refractivity (Wildman–Crippen MR) is 82.3 cm³/mol. The minimum absolute atomic E-state index is 0.211. The largest absolute Gasteiger partial charge is 0.464 e. The number of benzene rings is 1. The van der Waals surface area contributed by atoms with Gasteiger partial charge >= 0.3 is 12.1 Å². The maximum atomic E-state index is 13.9. The van der Waals surface area contributed by atoms with Gasteiger partial charge in [0.05, 0.1) is 17.7 Å². The second kappa shape index (κ2) is 8.24. The van der Waals surface area contributed by atoms with Crippen LogP contribution in [0.2, 0.25) is 5.02 Å². The van der Waals surface area contributed by atoms with Crippen LogP contribution in [0.15, 0.2) is 24.3 Å². The van der Waals surface area contributed by atoms with Crippen LogP contribution < -0.4 is 0 Å². The van der Waals surface area contributed by atoms with Gasteiger partial charge in [0.15, 0.2) is 11.5 Å². The number of aromatic nitrogens is 1. The Labute approximate surface area is 145 Å². The van der Waals surface area contributed by atoms with E-state index in [1.54, 1.807) is 0 Å². The molecular formula is C16H13ClF5NO2. The highest BCUT2D eigenvalue weighted by molar-refractivity contribution is 6.33. The van der Waals surface area contributed by atoms with Gasteiger partial charge in [0, 0.05) is 5.56 Å². The summed E-state index contributed by atoms with van der Waals surface area (Å²) in [6, 6.07) is 2.21. The standard InChI is InChI=1S/C14H7ClF5NO2.C2H6/c1-23-13(22)12-8(15)5-10(17)11(21-12)7-3-2-6(4-9(7)16)14(18,19)20;1-2/h2-5H,1H3;1-2H3. The lowest BCUT2D eigenvalue weighted by Gasteiger charge is -2.11. The molecule has 136 valence electrons. The number of pyridine rings is 1. The van der Waals surface area contributed by atoms with E-state index in [2.05, 4.69) is 9.72 Å². The van der Waals surface area contributed by atoms with Crippen LogP contribution in [-0.4, -0.2) is 18.1 Å². The van der Waals surface area contributed by atoms with Gasteiger partial charge in [-0.1, -0.05) is 25.4 Å². The summed E-state index contributed by atoms with van der Waals surface area (Å²) in [6.07, 6.45) is -4.75. The van der Waals surface area contributed by atoms with Gasteiger partial charge in [-0.05, 0) is 24.3 Å². The molecule has 1 aromatic heterocycles. The van der Waals surface area contributed by atoms with E-state index >= 15 is 0 Å². The molecule has 25 heavy (non-hydrogen) atoms. The Balaban J connectivity index is 0.00000151. The first-order chi connectivity index (χ1) is 11.6. The van der Waals surface area contributed by atoms with Crippen molar-refractivity contribution >= 4 is 17.6 Å². The van der Waals surface area contributed by atoms with Crippen molar-refractivity contribution in [2.45, 2.75) is 20.0 Å². The molecule has 3 nitrogen and oxygen atoms in total. The van der Waals surface area contributed by atoms with Crippen LogP contribution in [0, 0.1) is 11.6 Å². The zero-order valence-electron chi connectivity index (χ0n) is 13.3. The second-order valence-electron chi connectivity index (χ2n) is 4.33. The van der Waals surface area contributed by atoms with Crippen molar-refractivity contribution in [3.05, 3.63) is 52.2 Å². The van der Waals surface area contributed by atoms with E-state index in [0.717, 1.165) is 13.2 Å². The molecule has 9 heteroatoms. The van der Waals surface area contributed by atoms with Gasteiger partial charge in [0.1, 0.15) is 11.5 Å². The molecule has 0 radical (unpaired) electrons. The van der Waals surface area contributed by atoms with Crippen LogP contribution in [0.1, 0.15) is 29.9 Å². The molecule has 0 aliphatic heterocycles. The van der Waals surface area contributed by atoms with E-state index in [-0.39, 0.29) is 11.1 Å². The highest BCUT2D eigenvalue weighted by Crippen LogP contribution is 2.33. The molecule has 2 aromatic rings. The molecule has 0 bridgehead atoms. The van der Waals surface area contributed by atoms with E-state index in [4.69, 9.17) is 11.6 Å². The lowest BCUT2D eigenvalue weighted by molar-refractivity contribution is -0.137. The summed E-state index contributed by atoms with van der Waals surface area (Å²) in [7, 11) is 1.03. The summed E-state index contributed by atoms with van der Waals surface area (Å²) in [5.41, 5.74) is -2.91. The average molecular weight is 382 g/mol. The smallest absolute Gasteiger partial charge is 0.416 e. The van der Waals surface area contributed by atoms with Crippen molar-refractivity contribution in [3.63, 3.8) is 0 Å². The van der Waals surface area contributed by atoms with Gasteiger partial charge in [0.25, 0.3) is 0 Å². The van der Waals surface area contributed by atoms with Crippen molar-refractivity contribution in [2.24, 2.45) is 0 Å². The SMILES string of the molecule is CC.COC(=O)c1nc(-c2ccc(C(F)(F)F)cc2F)c(F)cc1Cl. The molecule has 0 saturated heterocycles. The third-order valence-corrected chi connectivity index (χ3v) is 3.15. The summed E-state index contributed by atoms with van der Waals surface area (Å²) in [5, 5.41) is -0.370.